The molecule has 5 nitrogen and oxygen atoms in total. The van der Waals surface area contributed by atoms with Crippen molar-refractivity contribution in [2.24, 2.45) is 0 Å². The van der Waals surface area contributed by atoms with Crippen LogP contribution in [0.3, 0.4) is 0 Å². The van der Waals surface area contributed by atoms with Crippen molar-refractivity contribution in [1.82, 2.24) is 5.32 Å². The van der Waals surface area contributed by atoms with Crippen molar-refractivity contribution < 1.29 is 19.4 Å². The summed E-state index contributed by atoms with van der Waals surface area (Å²) in [6, 6.07) is 14.9. The summed E-state index contributed by atoms with van der Waals surface area (Å²) < 4.78 is 5.83. The first-order valence-electron chi connectivity index (χ1n) is 8.91. The molecule has 1 atom stereocenters. The van der Waals surface area contributed by atoms with E-state index in [1.165, 1.54) is 0 Å². The molecule has 0 bridgehead atoms. The molecule has 2 N–H and O–H groups in total. The minimum atomic E-state index is -0.926. The zero-order chi connectivity index (χ0) is 18.1. The van der Waals surface area contributed by atoms with Gasteiger partial charge < -0.3 is 15.2 Å². The summed E-state index contributed by atoms with van der Waals surface area (Å²) in [5, 5.41) is 12.2. The van der Waals surface area contributed by atoms with E-state index in [0.717, 1.165) is 36.1 Å². The van der Waals surface area contributed by atoms with Crippen LogP contribution in [0.15, 0.2) is 48.5 Å². The minimum Gasteiger partial charge on any atom is -0.489 e. The van der Waals surface area contributed by atoms with Crippen LogP contribution in [0.25, 0.3) is 0 Å². The van der Waals surface area contributed by atoms with E-state index in [1.807, 2.05) is 30.3 Å². The molecule has 26 heavy (non-hydrogen) atoms. The quantitative estimate of drug-likeness (QED) is 0.839. The van der Waals surface area contributed by atoms with Crippen molar-refractivity contribution in [3.63, 3.8) is 0 Å². The van der Waals surface area contributed by atoms with Crippen LogP contribution in [0.2, 0.25) is 0 Å². The van der Waals surface area contributed by atoms with Gasteiger partial charge in [-0.05, 0) is 42.2 Å². The number of amides is 1. The lowest BCUT2D eigenvalue weighted by atomic mass is 9.94. The molecule has 1 unspecified atom stereocenters. The second-order valence-corrected chi connectivity index (χ2v) is 7.20. The summed E-state index contributed by atoms with van der Waals surface area (Å²) >= 11 is 0. The molecule has 0 spiro atoms. The van der Waals surface area contributed by atoms with E-state index < -0.39 is 5.97 Å². The predicted molar refractivity (Wildman–Crippen MR) is 96.5 cm³/mol. The fourth-order valence-corrected chi connectivity index (χ4v) is 3.62. The molecule has 1 heterocycles. The molecular formula is C21H21NO4. The van der Waals surface area contributed by atoms with Crippen molar-refractivity contribution in [2.75, 3.05) is 6.54 Å². The predicted octanol–water partition coefficient (Wildman–Crippen LogP) is 2.93. The third-order valence-electron chi connectivity index (χ3n) is 5.33. The Morgan fingerprint density at radius 3 is 2.69 bits per heavy atom. The standard InChI is InChI=1S/C21H21NO4/c23-19(12-17-11-14-4-1-2-7-18(14)26-17)22-13-21(8-9-21)16-6-3-5-15(10-16)20(24)25/h1-7,10,17H,8-9,11-13H2,(H,22,23)(H,24,25). The molecule has 2 aromatic carbocycles. The average Bonchev–Trinajstić information content (AvgIpc) is 3.33. The topological polar surface area (TPSA) is 75.6 Å². The minimum absolute atomic E-state index is 0.0246. The molecule has 2 aliphatic rings. The van der Waals surface area contributed by atoms with Gasteiger partial charge in [-0.25, -0.2) is 4.79 Å². The average molecular weight is 351 g/mol. The molecule has 4 rings (SSSR count). The number of hydrogen-bond donors (Lipinski definition) is 2. The van der Waals surface area contributed by atoms with E-state index in [-0.39, 0.29) is 23.0 Å². The number of carboxylic acid groups (broad SMARTS) is 1. The number of benzene rings is 2. The first-order valence-corrected chi connectivity index (χ1v) is 8.91. The summed E-state index contributed by atoms with van der Waals surface area (Å²) in [5.74, 6) is -0.0810. The van der Waals surface area contributed by atoms with Gasteiger partial charge in [0.2, 0.25) is 5.91 Å². The molecule has 1 fully saturated rings. The van der Waals surface area contributed by atoms with Crippen LogP contribution in [0, 0.1) is 0 Å². The number of ether oxygens (including phenoxy) is 1. The largest absolute Gasteiger partial charge is 0.489 e. The molecule has 0 saturated heterocycles. The fourth-order valence-electron chi connectivity index (χ4n) is 3.62. The SMILES string of the molecule is O=C(CC1Cc2ccccc2O1)NCC1(c2cccc(C(=O)O)c2)CC1. The van der Waals surface area contributed by atoms with Crippen LogP contribution >= 0.6 is 0 Å². The lowest BCUT2D eigenvalue weighted by Gasteiger charge is -2.18. The number of fused-ring (bicyclic) bond motifs is 1. The molecule has 1 aliphatic carbocycles. The molecule has 1 aliphatic heterocycles. The van der Waals surface area contributed by atoms with Crippen LogP contribution in [-0.2, 0) is 16.6 Å². The Hall–Kier alpha value is -2.82. The van der Waals surface area contributed by atoms with Crippen LogP contribution in [0.4, 0.5) is 0 Å². The maximum absolute atomic E-state index is 12.3. The molecule has 2 aromatic rings. The van der Waals surface area contributed by atoms with Gasteiger partial charge in [0.25, 0.3) is 0 Å². The highest BCUT2D eigenvalue weighted by Gasteiger charge is 2.44. The molecule has 1 saturated carbocycles. The van der Waals surface area contributed by atoms with Gasteiger partial charge in [-0.15, -0.1) is 0 Å². The number of carbonyl (C=O) groups excluding carboxylic acids is 1. The first kappa shape index (κ1) is 16.6. The first-order chi connectivity index (χ1) is 12.6. The Morgan fingerprint density at radius 1 is 1.15 bits per heavy atom. The number of hydrogen-bond acceptors (Lipinski definition) is 3. The van der Waals surface area contributed by atoms with Crippen molar-refractivity contribution in [2.45, 2.75) is 37.2 Å². The summed E-state index contributed by atoms with van der Waals surface area (Å²) in [6.07, 6.45) is 2.90. The van der Waals surface area contributed by atoms with Crippen molar-refractivity contribution >= 4 is 11.9 Å². The summed E-state index contributed by atoms with van der Waals surface area (Å²) in [7, 11) is 0. The van der Waals surface area contributed by atoms with Crippen molar-refractivity contribution in [3.05, 3.63) is 65.2 Å². The van der Waals surface area contributed by atoms with E-state index in [9.17, 15) is 9.59 Å². The molecule has 1 amide bonds. The summed E-state index contributed by atoms with van der Waals surface area (Å²) in [4.78, 5) is 23.5. The van der Waals surface area contributed by atoms with Crippen LogP contribution in [0.5, 0.6) is 5.75 Å². The maximum atomic E-state index is 12.3. The number of carbonyl (C=O) groups is 2. The molecular weight excluding hydrogens is 330 g/mol. The highest BCUT2D eigenvalue weighted by molar-refractivity contribution is 5.87. The van der Waals surface area contributed by atoms with Crippen LogP contribution in [-0.4, -0.2) is 29.6 Å². The number of rotatable bonds is 6. The Kier molecular flexibility index (Phi) is 4.15. The molecule has 134 valence electrons. The van der Waals surface area contributed by atoms with Gasteiger partial charge in [0.15, 0.2) is 0 Å². The van der Waals surface area contributed by atoms with Gasteiger partial charge in [0.1, 0.15) is 11.9 Å². The van der Waals surface area contributed by atoms with E-state index in [2.05, 4.69) is 5.32 Å². The number of aromatic carboxylic acids is 1. The second kappa shape index (κ2) is 6.48. The third-order valence-corrected chi connectivity index (χ3v) is 5.33. The Morgan fingerprint density at radius 2 is 1.96 bits per heavy atom. The maximum Gasteiger partial charge on any atom is 0.335 e. The summed E-state index contributed by atoms with van der Waals surface area (Å²) in [6.45, 7) is 0.536. The highest BCUT2D eigenvalue weighted by atomic mass is 16.5. The number of carboxylic acids is 1. The van der Waals surface area contributed by atoms with Crippen molar-refractivity contribution in [1.29, 1.82) is 0 Å². The Labute approximate surface area is 152 Å². The Balaban J connectivity index is 1.33. The van der Waals surface area contributed by atoms with Crippen LogP contribution in [0.1, 0.15) is 40.7 Å². The van der Waals surface area contributed by atoms with Gasteiger partial charge in [-0.3, -0.25) is 4.79 Å². The molecule has 5 heteroatoms. The second-order valence-electron chi connectivity index (χ2n) is 7.20. The van der Waals surface area contributed by atoms with Crippen molar-refractivity contribution in [3.8, 4) is 5.75 Å². The number of nitrogens with one attached hydrogen (secondary N) is 1. The van der Waals surface area contributed by atoms with Gasteiger partial charge in [0.05, 0.1) is 12.0 Å². The van der Waals surface area contributed by atoms with Gasteiger partial charge in [-0.1, -0.05) is 30.3 Å². The zero-order valence-corrected chi connectivity index (χ0v) is 14.4. The monoisotopic (exact) mass is 351 g/mol. The Bertz CT molecular complexity index is 832. The smallest absolute Gasteiger partial charge is 0.335 e. The van der Waals surface area contributed by atoms with Crippen LogP contribution < -0.4 is 10.1 Å². The molecule has 0 aromatic heterocycles. The fraction of sp³-hybridized carbons (Fsp3) is 0.333. The van der Waals surface area contributed by atoms with E-state index >= 15 is 0 Å². The highest BCUT2D eigenvalue weighted by Crippen LogP contribution is 2.47. The third kappa shape index (κ3) is 3.29. The summed E-state index contributed by atoms with van der Waals surface area (Å²) in [5.41, 5.74) is 2.30. The lowest BCUT2D eigenvalue weighted by Crippen LogP contribution is -2.35. The normalized spacial score (nSPS) is 19.3. The van der Waals surface area contributed by atoms with E-state index in [1.54, 1.807) is 18.2 Å². The molecule has 0 radical (unpaired) electrons. The van der Waals surface area contributed by atoms with E-state index in [0.29, 0.717) is 13.0 Å². The van der Waals surface area contributed by atoms with Gasteiger partial charge >= 0.3 is 5.97 Å². The zero-order valence-electron chi connectivity index (χ0n) is 14.4. The number of para-hydroxylation sites is 1. The van der Waals surface area contributed by atoms with E-state index in [4.69, 9.17) is 9.84 Å². The van der Waals surface area contributed by atoms with Gasteiger partial charge in [0, 0.05) is 18.4 Å². The van der Waals surface area contributed by atoms with Gasteiger partial charge in [-0.2, -0.15) is 0 Å². The lowest BCUT2D eigenvalue weighted by molar-refractivity contribution is -0.122.